The van der Waals surface area contributed by atoms with Crippen molar-refractivity contribution in [3.8, 4) is 5.88 Å². The summed E-state index contributed by atoms with van der Waals surface area (Å²) in [7, 11) is 4.33. The maximum atomic E-state index is 11.4. The SMILES string of the molecule is COCc1cnc(OC)c(C(=O)OC)c1. The van der Waals surface area contributed by atoms with Gasteiger partial charge in [0.25, 0.3) is 0 Å². The number of hydrogen-bond donors (Lipinski definition) is 0. The summed E-state index contributed by atoms with van der Waals surface area (Å²) in [6, 6.07) is 1.64. The third-order valence-electron chi connectivity index (χ3n) is 1.82. The van der Waals surface area contributed by atoms with Crippen molar-refractivity contribution < 1.29 is 19.0 Å². The molecule has 0 radical (unpaired) electrons. The molecule has 0 amide bonds. The molecule has 0 fully saturated rings. The molecule has 0 N–H and O–H groups in total. The predicted molar refractivity (Wildman–Crippen MR) is 52.8 cm³/mol. The minimum absolute atomic E-state index is 0.252. The quantitative estimate of drug-likeness (QED) is 0.696. The van der Waals surface area contributed by atoms with Crippen LogP contribution in [0.5, 0.6) is 5.88 Å². The molecule has 1 aromatic rings. The Kier molecular flexibility index (Phi) is 4.05. The van der Waals surface area contributed by atoms with E-state index in [9.17, 15) is 4.79 Å². The average molecular weight is 211 g/mol. The first-order valence-corrected chi connectivity index (χ1v) is 4.33. The maximum absolute atomic E-state index is 11.4. The Morgan fingerprint density at radius 1 is 1.40 bits per heavy atom. The highest BCUT2D eigenvalue weighted by Crippen LogP contribution is 2.17. The third kappa shape index (κ3) is 2.66. The zero-order valence-electron chi connectivity index (χ0n) is 8.94. The van der Waals surface area contributed by atoms with E-state index < -0.39 is 5.97 Å². The Bertz CT molecular complexity index is 351. The minimum atomic E-state index is -0.475. The summed E-state index contributed by atoms with van der Waals surface area (Å²) >= 11 is 0. The van der Waals surface area contributed by atoms with E-state index in [1.165, 1.54) is 14.2 Å². The molecule has 0 aliphatic rings. The Morgan fingerprint density at radius 2 is 2.13 bits per heavy atom. The van der Waals surface area contributed by atoms with Gasteiger partial charge in [-0.25, -0.2) is 9.78 Å². The zero-order valence-corrected chi connectivity index (χ0v) is 8.94. The number of rotatable bonds is 4. The fourth-order valence-corrected chi connectivity index (χ4v) is 1.16. The van der Waals surface area contributed by atoms with Crippen molar-refractivity contribution in [2.75, 3.05) is 21.3 Å². The van der Waals surface area contributed by atoms with Crippen molar-refractivity contribution in [2.45, 2.75) is 6.61 Å². The van der Waals surface area contributed by atoms with E-state index in [1.54, 1.807) is 19.4 Å². The van der Waals surface area contributed by atoms with Gasteiger partial charge in [0.1, 0.15) is 5.56 Å². The summed E-state index contributed by atoms with van der Waals surface area (Å²) in [4.78, 5) is 15.3. The highest BCUT2D eigenvalue weighted by atomic mass is 16.5. The van der Waals surface area contributed by atoms with Gasteiger partial charge in [0, 0.05) is 13.3 Å². The average Bonchev–Trinajstić information content (AvgIpc) is 2.28. The van der Waals surface area contributed by atoms with Crippen LogP contribution in [0.2, 0.25) is 0 Å². The third-order valence-corrected chi connectivity index (χ3v) is 1.82. The number of methoxy groups -OCH3 is 3. The Morgan fingerprint density at radius 3 is 2.67 bits per heavy atom. The summed E-state index contributed by atoms with van der Waals surface area (Å²) in [5.41, 5.74) is 1.09. The van der Waals surface area contributed by atoms with Gasteiger partial charge in [-0.15, -0.1) is 0 Å². The van der Waals surface area contributed by atoms with E-state index in [0.717, 1.165) is 5.56 Å². The fourth-order valence-electron chi connectivity index (χ4n) is 1.16. The summed E-state index contributed by atoms with van der Waals surface area (Å²) in [5, 5.41) is 0. The molecule has 15 heavy (non-hydrogen) atoms. The van der Waals surface area contributed by atoms with E-state index in [4.69, 9.17) is 9.47 Å². The van der Waals surface area contributed by atoms with E-state index in [0.29, 0.717) is 12.2 Å². The Balaban J connectivity index is 3.07. The van der Waals surface area contributed by atoms with Crippen molar-refractivity contribution in [1.29, 1.82) is 0 Å². The highest BCUT2D eigenvalue weighted by Gasteiger charge is 2.14. The van der Waals surface area contributed by atoms with Crippen molar-refractivity contribution in [3.05, 3.63) is 23.4 Å². The van der Waals surface area contributed by atoms with Crippen molar-refractivity contribution >= 4 is 5.97 Å². The molecule has 0 aromatic carbocycles. The van der Waals surface area contributed by atoms with Gasteiger partial charge in [-0.2, -0.15) is 0 Å². The van der Waals surface area contributed by atoms with Gasteiger partial charge in [-0.05, 0) is 11.6 Å². The van der Waals surface area contributed by atoms with Crippen LogP contribution in [-0.2, 0) is 16.1 Å². The monoisotopic (exact) mass is 211 g/mol. The van der Waals surface area contributed by atoms with Gasteiger partial charge < -0.3 is 14.2 Å². The number of hydrogen-bond acceptors (Lipinski definition) is 5. The second-order valence-corrected chi connectivity index (χ2v) is 2.82. The van der Waals surface area contributed by atoms with E-state index in [2.05, 4.69) is 9.72 Å². The normalized spacial score (nSPS) is 9.80. The summed E-state index contributed by atoms with van der Waals surface area (Å²) in [6.45, 7) is 0.390. The summed E-state index contributed by atoms with van der Waals surface area (Å²) in [6.07, 6.45) is 1.59. The van der Waals surface area contributed by atoms with Crippen molar-refractivity contribution in [2.24, 2.45) is 0 Å². The van der Waals surface area contributed by atoms with Gasteiger partial charge in [-0.1, -0.05) is 0 Å². The van der Waals surface area contributed by atoms with Crippen LogP contribution in [0.3, 0.4) is 0 Å². The second kappa shape index (κ2) is 5.31. The van der Waals surface area contributed by atoms with Crippen LogP contribution >= 0.6 is 0 Å². The lowest BCUT2D eigenvalue weighted by Crippen LogP contribution is -2.06. The van der Waals surface area contributed by atoms with Gasteiger partial charge in [-0.3, -0.25) is 0 Å². The number of aromatic nitrogens is 1. The molecule has 0 unspecified atom stereocenters. The number of pyridine rings is 1. The maximum Gasteiger partial charge on any atom is 0.343 e. The van der Waals surface area contributed by atoms with Crippen LogP contribution in [0.1, 0.15) is 15.9 Å². The number of carbonyl (C=O) groups excluding carboxylic acids is 1. The second-order valence-electron chi connectivity index (χ2n) is 2.82. The van der Waals surface area contributed by atoms with Crippen LogP contribution in [0.25, 0.3) is 0 Å². The highest BCUT2D eigenvalue weighted by molar-refractivity contribution is 5.91. The lowest BCUT2D eigenvalue weighted by atomic mass is 10.2. The van der Waals surface area contributed by atoms with Gasteiger partial charge in [0.05, 0.1) is 20.8 Å². The van der Waals surface area contributed by atoms with Gasteiger partial charge in [0.2, 0.25) is 5.88 Å². The molecule has 0 atom stereocenters. The first-order chi connectivity index (χ1) is 7.22. The van der Waals surface area contributed by atoms with Crippen molar-refractivity contribution in [3.63, 3.8) is 0 Å². The molecule has 0 bridgehead atoms. The molecule has 0 saturated heterocycles. The van der Waals surface area contributed by atoms with Crippen LogP contribution in [0.15, 0.2) is 12.3 Å². The zero-order chi connectivity index (χ0) is 11.3. The molecule has 1 rings (SSSR count). The number of esters is 1. The number of carbonyl (C=O) groups is 1. The lowest BCUT2D eigenvalue weighted by molar-refractivity contribution is 0.0595. The summed E-state index contributed by atoms with van der Waals surface area (Å²) < 4.78 is 14.5. The topological polar surface area (TPSA) is 57.7 Å². The Labute approximate surface area is 88.0 Å². The largest absolute Gasteiger partial charge is 0.480 e. The molecule has 82 valence electrons. The van der Waals surface area contributed by atoms with Gasteiger partial charge in [0.15, 0.2) is 0 Å². The molecule has 0 spiro atoms. The smallest absolute Gasteiger partial charge is 0.343 e. The summed E-state index contributed by atoms with van der Waals surface area (Å²) in [5.74, 6) is -0.223. The Hall–Kier alpha value is -1.62. The molecule has 0 saturated carbocycles. The molecule has 5 heteroatoms. The van der Waals surface area contributed by atoms with E-state index in [-0.39, 0.29) is 5.88 Å². The molecular weight excluding hydrogens is 198 g/mol. The first-order valence-electron chi connectivity index (χ1n) is 4.33. The number of ether oxygens (including phenoxy) is 3. The van der Waals surface area contributed by atoms with Crippen LogP contribution in [-0.4, -0.2) is 32.3 Å². The van der Waals surface area contributed by atoms with Gasteiger partial charge >= 0.3 is 5.97 Å². The van der Waals surface area contributed by atoms with Crippen LogP contribution < -0.4 is 4.74 Å². The van der Waals surface area contributed by atoms with E-state index in [1.807, 2.05) is 0 Å². The standard InChI is InChI=1S/C10H13NO4/c1-13-6-7-4-8(10(12)15-3)9(14-2)11-5-7/h4-5H,6H2,1-3H3. The van der Waals surface area contributed by atoms with E-state index >= 15 is 0 Å². The number of nitrogens with zero attached hydrogens (tertiary/aromatic N) is 1. The molecule has 1 aromatic heterocycles. The molecule has 0 aliphatic carbocycles. The van der Waals surface area contributed by atoms with Crippen LogP contribution in [0, 0.1) is 0 Å². The fraction of sp³-hybridized carbons (Fsp3) is 0.400. The predicted octanol–water partition coefficient (Wildman–Crippen LogP) is 1.02. The van der Waals surface area contributed by atoms with Crippen molar-refractivity contribution in [1.82, 2.24) is 4.98 Å². The molecule has 5 nitrogen and oxygen atoms in total. The lowest BCUT2D eigenvalue weighted by Gasteiger charge is -2.07. The molecular formula is C10H13NO4. The molecule has 0 aliphatic heterocycles. The first kappa shape index (κ1) is 11.5. The van der Waals surface area contributed by atoms with Crippen LogP contribution in [0.4, 0.5) is 0 Å². The minimum Gasteiger partial charge on any atom is -0.480 e. The molecule has 1 heterocycles.